The molecule has 4 rings (SSSR count). The molecule has 0 aromatic carbocycles. The topological polar surface area (TPSA) is 62.5 Å². The average Bonchev–Trinajstić information content (AvgIpc) is 2.99. The summed E-state index contributed by atoms with van der Waals surface area (Å²) in [6, 6.07) is 5.42. The van der Waals surface area contributed by atoms with Crippen LogP contribution < -0.4 is 10.2 Å². The van der Waals surface area contributed by atoms with E-state index in [0.717, 1.165) is 24.8 Å². The fourth-order valence-electron chi connectivity index (χ4n) is 3.54. The highest BCUT2D eigenvalue weighted by Crippen LogP contribution is 2.25. The third kappa shape index (κ3) is 3.66. The number of imidazole rings is 1. The van der Waals surface area contributed by atoms with Crippen molar-refractivity contribution in [2.24, 2.45) is 5.92 Å². The predicted octanol–water partition coefficient (Wildman–Crippen LogP) is 4.83. The smallest absolute Gasteiger partial charge is 0.274 e. The molecule has 6 nitrogen and oxygen atoms in total. The van der Waals surface area contributed by atoms with Gasteiger partial charge in [-0.3, -0.25) is 9.20 Å². The number of aryl methyl sites for hydroxylation is 1. The molecule has 3 aromatic heterocycles. The van der Waals surface area contributed by atoms with Crippen LogP contribution in [-0.4, -0.2) is 33.4 Å². The number of aromatic nitrogens is 3. The Morgan fingerprint density at radius 1 is 1.25 bits per heavy atom. The van der Waals surface area contributed by atoms with Crippen LogP contribution in [0.15, 0.2) is 30.6 Å². The number of piperidine rings is 1. The summed E-state index contributed by atoms with van der Waals surface area (Å²) in [5, 5.41) is 3.72. The number of carbonyl (C=O) groups excluding carboxylic acids is 1. The van der Waals surface area contributed by atoms with E-state index < -0.39 is 0 Å². The van der Waals surface area contributed by atoms with Crippen LogP contribution in [0.1, 0.15) is 35.9 Å². The molecule has 1 amide bonds. The molecule has 0 unspecified atom stereocenters. The van der Waals surface area contributed by atoms with Crippen molar-refractivity contribution in [1.29, 1.82) is 0 Å². The Hall–Kier alpha value is -2.31. The highest BCUT2D eigenvalue weighted by molar-refractivity contribution is 6.36. The lowest BCUT2D eigenvalue weighted by atomic mass is 9.99. The highest BCUT2D eigenvalue weighted by atomic mass is 35.5. The van der Waals surface area contributed by atoms with Gasteiger partial charge in [0.15, 0.2) is 5.65 Å². The first kappa shape index (κ1) is 19.0. The Labute approximate surface area is 173 Å². The maximum absolute atomic E-state index is 12.9. The van der Waals surface area contributed by atoms with Crippen LogP contribution in [0.25, 0.3) is 5.65 Å². The first-order valence-corrected chi connectivity index (χ1v) is 10.0. The van der Waals surface area contributed by atoms with Crippen LogP contribution in [0.2, 0.25) is 10.0 Å². The largest absolute Gasteiger partial charge is 0.357 e. The Morgan fingerprint density at radius 2 is 2.00 bits per heavy atom. The van der Waals surface area contributed by atoms with Gasteiger partial charge in [0.05, 0.1) is 27.6 Å². The van der Waals surface area contributed by atoms with Gasteiger partial charge < -0.3 is 10.2 Å². The Balaban J connectivity index is 1.54. The van der Waals surface area contributed by atoms with Crippen molar-refractivity contribution in [1.82, 2.24) is 14.4 Å². The zero-order valence-corrected chi connectivity index (χ0v) is 17.3. The van der Waals surface area contributed by atoms with Crippen LogP contribution >= 0.6 is 23.2 Å². The van der Waals surface area contributed by atoms with Crippen molar-refractivity contribution in [3.05, 3.63) is 52.0 Å². The van der Waals surface area contributed by atoms with E-state index in [2.05, 4.69) is 27.1 Å². The quantitative estimate of drug-likeness (QED) is 0.662. The lowest BCUT2D eigenvalue weighted by Gasteiger charge is -2.31. The number of pyridine rings is 2. The fourth-order valence-corrected chi connectivity index (χ4v) is 4.05. The molecule has 4 heterocycles. The maximum Gasteiger partial charge on any atom is 0.274 e. The number of amides is 1. The monoisotopic (exact) mass is 417 g/mol. The molecule has 1 aliphatic rings. The number of halogens is 2. The standard InChI is InChI=1S/C20H21Cl2N5O/c1-12-5-7-26(8-6-12)17-4-3-15(10-23-17)25-20(28)18-13(2)24-19-16(22)9-14(21)11-27(18)19/h3-4,9-12H,5-8H2,1-2H3,(H,25,28). The van der Waals surface area contributed by atoms with Crippen LogP contribution in [0.4, 0.5) is 11.5 Å². The molecular weight excluding hydrogens is 397 g/mol. The second kappa shape index (κ2) is 7.60. The van der Waals surface area contributed by atoms with Crippen molar-refractivity contribution < 1.29 is 4.79 Å². The number of hydrogen-bond acceptors (Lipinski definition) is 4. The van der Waals surface area contributed by atoms with Gasteiger partial charge in [0.25, 0.3) is 5.91 Å². The molecule has 28 heavy (non-hydrogen) atoms. The third-order valence-electron chi connectivity index (χ3n) is 5.14. The van der Waals surface area contributed by atoms with Gasteiger partial charge in [-0.25, -0.2) is 9.97 Å². The van der Waals surface area contributed by atoms with E-state index >= 15 is 0 Å². The van der Waals surface area contributed by atoms with E-state index in [1.165, 1.54) is 12.8 Å². The number of hydrogen-bond donors (Lipinski definition) is 1. The van der Waals surface area contributed by atoms with Crippen LogP contribution in [-0.2, 0) is 0 Å². The van der Waals surface area contributed by atoms with Gasteiger partial charge >= 0.3 is 0 Å². The molecule has 8 heteroatoms. The normalized spacial score (nSPS) is 15.2. The Morgan fingerprint density at radius 3 is 2.68 bits per heavy atom. The molecule has 1 aliphatic heterocycles. The summed E-state index contributed by atoms with van der Waals surface area (Å²) < 4.78 is 1.62. The number of anilines is 2. The average molecular weight is 418 g/mol. The van der Waals surface area contributed by atoms with Gasteiger partial charge in [-0.1, -0.05) is 30.1 Å². The van der Waals surface area contributed by atoms with E-state index in [9.17, 15) is 4.79 Å². The zero-order chi connectivity index (χ0) is 19.8. The number of nitrogens with one attached hydrogen (secondary N) is 1. The summed E-state index contributed by atoms with van der Waals surface area (Å²) in [6.45, 7) is 6.08. The Kier molecular flexibility index (Phi) is 5.17. The van der Waals surface area contributed by atoms with Gasteiger partial charge in [0.2, 0.25) is 0 Å². The van der Waals surface area contributed by atoms with Crippen molar-refractivity contribution in [3.63, 3.8) is 0 Å². The first-order chi connectivity index (χ1) is 13.4. The van der Waals surface area contributed by atoms with Gasteiger partial charge in [-0.05, 0) is 43.9 Å². The van der Waals surface area contributed by atoms with Crippen molar-refractivity contribution in [2.45, 2.75) is 26.7 Å². The number of nitrogens with zero attached hydrogens (tertiary/aromatic N) is 4. The lowest BCUT2D eigenvalue weighted by molar-refractivity contribution is 0.102. The highest BCUT2D eigenvalue weighted by Gasteiger charge is 2.20. The molecule has 146 valence electrons. The minimum absolute atomic E-state index is 0.287. The lowest BCUT2D eigenvalue weighted by Crippen LogP contribution is -2.33. The molecule has 1 saturated heterocycles. The maximum atomic E-state index is 12.9. The van der Waals surface area contributed by atoms with Gasteiger partial charge in [0, 0.05) is 19.3 Å². The summed E-state index contributed by atoms with van der Waals surface area (Å²) in [4.78, 5) is 24.0. The van der Waals surface area contributed by atoms with Crippen molar-refractivity contribution in [2.75, 3.05) is 23.3 Å². The second-order valence-electron chi connectivity index (χ2n) is 7.27. The van der Waals surface area contributed by atoms with E-state index in [0.29, 0.717) is 32.8 Å². The molecule has 0 saturated carbocycles. The number of rotatable bonds is 3. The van der Waals surface area contributed by atoms with Gasteiger partial charge in [0.1, 0.15) is 11.5 Å². The molecule has 0 aliphatic carbocycles. The van der Waals surface area contributed by atoms with E-state index in [4.69, 9.17) is 23.2 Å². The molecule has 0 radical (unpaired) electrons. The minimum atomic E-state index is -0.287. The van der Waals surface area contributed by atoms with Crippen molar-refractivity contribution >= 4 is 46.3 Å². The summed E-state index contributed by atoms with van der Waals surface area (Å²) in [5.41, 5.74) is 2.10. The van der Waals surface area contributed by atoms with E-state index in [-0.39, 0.29) is 5.91 Å². The second-order valence-corrected chi connectivity index (χ2v) is 8.12. The summed E-state index contributed by atoms with van der Waals surface area (Å²) in [7, 11) is 0. The zero-order valence-electron chi connectivity index (χ0n) is 15.7. The molecular formula is C20H21Cl2N5O. The van der Waals surface area contributed by atoms with Gasteiger partial charge in [-0.2, -0.15) is 0 Å². The molecule has 0 spiro atoms. The number of fused-ring (bicyclic) bond motifs is 1. The minimum Gasteiger partial charge on any atom is -0.357 e. The fraction of sp³-hybridized carbons (Fsp3) is 0.350. The van der Waals surface area contributed by atoms with Crippen molar-refractivity contribution in [3.8, 4) is 0 Å². The predicted molar refractivity (Wildman–Crippen MR) is 113 cm³/mol. The van der Waals surface area contributed by atoms with E-state index in [1.807, 2.05) is 12.1 Å². The van der Waals surface area contributed by atoms with Crippen LogP contribution in [0.3, 0.4) is 0 Å². The number of carbonyl (C=O) groups is 1. The molecule has 0 bridgehead atoms. The summed E-state index contributed by atoms with van der Waals surface area (Å²) in [6.07, 6.45) is 5.68. The molecule has 1 fully saturated rings. The van der Waals surface area contributed by atoms with Gasteiger partial charge in [-0.15, -0.1) is 0 Å². The molecule has 1 N–H and O–H groups in total. The van der Waals surface area contributed by atoms with Crippen LogP contribution in [0, 0.1) is 12.8 Å². The summed E-state index contributed by atoms with van der Waals surface area (Å²) in [5.74, 6) is 1.42. The van der Waals surface area contributed by atoms with Crippen LogP contribution in [0.5, 0.6) is 0 Å². The summed E-state index contributed by atoms with van der Waals surface area (Å²) >= 11 is 12.3. The Bertz CT molecular complexity index is 1020. The van der Waals surface area contributed by atoms with E-state index in [1.54, 1.807) is 29.8 Å². The SMILES string of the molecule is Cc1nc2c(Cl)cc(Cl)cn2c1C(=O)Nc1ccc(N2CCC(C)CC2)nc1. The molecule has 3 aromatic rings. The first-order valence-electron chi connectivity index (χ1n) is 9.28. The molecule has 0 atom stereocenters. The third-order valence-corrected chi connectivity index (χ3v) is 5.63.